The third kappa shape index (κ3) is 2.42. The minimum atomic E-state index is -0.453. The Morgan fingerprint density at radius 2 is 2.06 bits per heavy atom. The highest BCUT2D eigenvalue weighted by Gasteiger charge is 2.25. The summed E-state index contributed by atoms with van der Waals surface area (Å²) in [7, 11) is 0. The summed E-state index contributed by atoms with van der Waals surface area (Å²) in [5.74, 6) is 0.0656. The second kappa shape index (κ2) is 4.75. The molecule has 2 rings (SSSR count). The molecule has 1 saturated heterocycles. The van der Waals surface area contributed by atoms with Crippen LogP contribution < -0.4 is 10.2 Å². The number of nitrogens with one attached hydrogen (secondary N) is 1. The number of hydrogen-bond donors (Lipinski definition) is 2. The Labute approximate surface area is 101 Å². The molecule has 0 bridgehead atoms. The van der Waals surface area contributed by atoms with E-state index in [2.05, 4.69) is 10.2 Å². The lowest BCUT2D eigenvalue weighted by Gasteiger charge is -2.34. The highest BCUT2D eigenvalue weighted by atomic mass is 16.3. The van der Waals surface area contributed by atoms with Gasteiger partial charge in [-0.05, 0) is 31.5 Å². The SMILES string of the molecule is CC(O)c1ccc(N2CCNC(=O)C2C)cc1. The van der Waals surface area contributed by atoms with Crippen molar-refractivity contribution in [3.63, 3.8) is 0 Å². The zero-order valence-electron chi connectivity index (χ0n) is 10.2. The Bertz CT molecular complexity index is 400. The molecule has 1 amide bonds. The van der Waals surface area contributed by atoms with Gasteiger partial charge in [0.25, 0.3) is 0 Å². The molecule has 1 aliphatic rings. The zero-order valence-corrected chi connectivity index (χ0v) is 10.2. The van der Waals surface area contributed by atoms with Crippen molar-refractivity contribution in [2.45, 2.75) is 26.0 Å². The Hall–Kier alpha value is -1.55. The van der Waals surface area contributed by atoms with Crippen LogP contribution in [-0.4, -0.2) is 30.1 Å². The molecule has 2 atom stereocenters. The monoisotopic (exact) mass is 234 g/mol. The van der Waals surface area contributed by atoms with Gasteiger partial charge in [-0.15, -0.1) is 0 Å². The number of benzene rings is 1. The molecule has 0 aliphatic carbocycles. The number of rotatable bonds is 2. The zero-order chi connectivity index (χ0) is 12.4. The lowest BCUT2D eigenvalue weighted by Crippen LogP contribution is -2.54. The van der Waals surface area contributed by atoms with Crippen molar-refractivity contribution in [2.24, 2.45) is 0 Å². The summed E-state index contributed by atoms with van der Waals surface area (Å²) in [5, 5.41) is 12.3. The van der Waals surface area contributed by atoms with E-state index in [1.54, 1.807) is 6.92 Å². The molecule has 0 spiro atoms. The molecule has 17 heavy (non-hydrogen) atoms. The van der Waals surface area contributed by atoms with Crippen LogP contribution in [0.2, 0.25) is 0 Å². The summed E-state index contributed by atoms with van der Waals surface area (Å²) in [6, 6.07) is 7.58. The number of amides is 1. The van der Waals surface area contributed by atoms with E-state index >= 15 is 0 Å². The summed E-state index contributed by atoms with van der Waals surface area (Å²) in [6.07, 6.45) is -0.453. The van der Waals surface area contributed by atoms with Gasteiger partial charge in [0.05, 0.1) is 6.10 Å². The van der Waals surface area contributed by atoms with Gasteiger partial charge in [0.2, 0.25) is 5.91 Å². The van der Waals surface area contributed by atoms with E-state index in [0.29, 0.717) is 6.54 Å². The number of anilines is 1. The fourth-order valence-corrected chi connectivity index (χ4v) is 2.08. The maximum atomic E-state index is 11.6. The molecule has 92 valence electrons. The predicted octanol–water partition coefficient (Wildman–Crippen LogP) is 1.06. The van der Waals surface area contributed by atoms with Gasteiger partial charge in [0, 0.05) is 18.8 Å². The summed E-state index contributed by atoms with van der Waals surface area (Å²) in [6.45, 7) is 5.14. The van der Waals surface area contributed by atoms with E-state index in [4.69, 9.17) is 0 Å². The number of carbonyl (C=O) groups excluding carboxylic acids is 1. The van der Waals surface area contributed by atoms with Crippen LogP contribution >= 0.6 is 0 Å². The topological polar surface area (TPSA) is 52.6 Å². The van der Waals surface area contributed by atoms with E-state index in [-0.39, 0.29) is 11.9 Å². The quantitative estimate of drug-likeness (QED) is 0.804. The van der Waals surface area contributed by atoms with Gasteiger partial charge < -0.3 is 15.3 Å². The Morgan fingerprint density at radius 3 is 2.65 bits per heavy atom. The Morgan fingerprint density at radius 1 is 1.41 bits per heavy atom. The summed E-state index contributed by atoms with van der Waals surface area (Å²) in [5.41, 5.74) is 1.92. The molecule has 2 unspecified atom stereocenters. The fourth-order valence-electron chi connectivity index (χ4n) is 2.08. The molecule has 2 N–H and O–H groups in total. The number of aliphatic hydroxyl groups is 1. The van der Waals surface area contributed by atoms with Crippen LogP contribution in [0.25, 0.3) is 0 Å². The molecule has 4 nitrogen and oxygen atoms in total. The van der Waals surface area contributed by atoms with Gasteiger partial charge in [-0.1, -0.05) is 12.1 Å². The minimum absolute atomic E-state index is 0.0656. The van der Waals surface area contributed by atoms with Crippen LogP contribution in [-0.2, 0) is 4.79 Å². The van der Waals surface area contributed by atoms with Gasteiger partial charge in [-0.25, -0.2) is 0 Å². The number of nitrogens with zero attached hydrogens (tertiary/aromatic N) is 1. The number of carbonyl (C=O) groups is 1. The number of aliphatic hydroxyl groups excluding tert-OH is 1. The molecule has 0 saturated carbocycles. The molecular weight excluding hydrogens is 216 g/mol. The van der Waals surface area contributed by atoms with Crippen molar-refractivity contribution >= 4 is 11.6 Å². The first-order valence-electron chi connectivity index (χ1n) is 5.92. The van der Waals surface area contributed by atoms with E-state index in [1.165, 1.54) is 0 Å². The first-order valence-corrected chi connectivity index (χ1v) is 5.92. The van der Waals surface area contributed by atoms with Gasteiger partial charge in [0.1, 0.15) is 6.04 Å². The Kier molecular flexibility index (Phi) is 3.33. The second-order valence-corrected chi connectivity index (χ2v) is 4.43. The van der Waals surface area contributed by atoms with E-state index in [9.17, 15) is 9.90 Å². The molecule has 0 radical (unpaired) electrons. The molecule has 1 aliphatic heterocycles. The van der Waals surface area contributed by atoms with Gasteiger partial charge in [-0.2, -0.15) is 0 Å². The van der Waals surface area contributed by atoms with Gasteiger partial charge in [-0.3, -0.25) is 4.79 Å². The highest BCUT2D eigenvalue weighted by Crippen LogP contribution is 2.21. The molecule has 1 aromatic carbocycles. The molecule has 1 heterocycles. The fraction of sp³-hybridized carbons (Fsp3) is 0.462. The van der Waals surface area contributed by atoms with Crippen molar-refractivity contribution < 1.29 is 9.90 Å². The van der Waals surface area contributed by atoms with Crippen LogP contribution in [0.4, 0.5) is 5.69 Å². The van der Waals surface area contributed by atoms with E-state index < -0.39 is 6.10 Å². The lowest BCUT2D eigenvalue weighted by atomic mass is 10.1. The third-order valence-corrected chi connectivity index (χ3v) is 3.21. The van der Waals surface area contributed by atoms with Gasteiger partial charge in [0.15, 0.2) is 0 Å². The van der Waals surface area contributed by atoms with Crippen LogP contribution in [0.15, 0.2) is 24.3 Å². The van der Waals surface area contributed by atoms with E-state index in [0.717, 1.165) is 17.8 Å². The van der Waals surface area contributed by atoms with Crippen LogP contribution in [0.1, 0.15) is 25.5 Å². The standard InChI is InChI=1S/C13H18N2O2/c1-9-13(17)14-7-8-15(9)12-5-3-11(4-6-12)10(2)16/h3-6,9-10,16H,7-8H2,1-2H3,(H,14,17). The van der Waals surface area contributed by atoms with Crippen LogP contribution in [0.5, 0.6) is 0 Å². The average Bonchev–Trinajstić information content (AvgIpc) is 2.33. The maximum absolute atomic E-state index is 11.6. The van der Waals surface area contributed by atoms with Gasteiger partial charge >= 0.3 is 0 Å². The summed E-state index contributed by atoms with van der Waals surface area (Å²) < 4.78 is 0. The normalized spacial score (nSPS) is 22.2. The Balaban J connectivity index is 2.19. The highest BCUT2D eigenvalue weighted by molar-refractivity contribution is 5.86. The molecule has 1 fully saturated rings. The number of piperazine rings is 1. The third-order valence-electron chi connectivity index (χ3n) is 3.21. The largest absolute Gasteiger partial charge is 0.389 e. The molecular formula is C13H18N2O2. The number of hydrogen-bond acceptors (Lipinski definition) is 3. The van der Waals surface area contributed by atoms with Crippen molar-refractivity contribution in [2.75, 3.05) is 18.0 Å². The molecule has 0 aromatic heterocycles. The second-order valence-electron chi connectivity index (χ2n) is 4.43. The van der Waals surface area contributed by atoms with Crippen molar-refractivity contribution in [1.82, 2.24) is 5.32 Å². The first kappa shape index (κ1) is 11.9. The minimum Gasteiger partial charge on any atom is -0.389 e. The average molecular weight is 234 g/mol. The first-order chi connectivity index (χ1) is 8.09. The molecule has 1 aromatic rings. The lowest BCUT2D eigenvalue weighted by molar-refractivity contribution is -0.122. The summed E-state index contributed by atoms with van der Waals surface area (Å²) >= 11 is 0. The van der Waals surface area contributed by atoms with Crippen molar-refractivity contribution in [1.29, 1.82) is 0 Å². The van der Waals surface area contributed by atoms with Crippen LogP contribution in [0.3, 0.4) is 0 Å². The summed E-state index contributed by atoms with van der Waals surface area (Å²) in [4.78, 5) is 13.6. The van der Waals surface area contributed by atoms with Crippen molar-refractivity contribution in [3.05, 3.63) is 29.8 Å². The smallest absolute Gasteiger partial charge is 0.242 e. The molecule has 4 heteroatoms. The predicted molar refractivity (Wildman–Crippen MR) is 66.9 cm³/mol. The maximum Gasteiger partial charge on any atom is 0.242 e. The van der Waals surface area contributed by atoms with Crippen LogP contribution in [0, 0.1) is 0 Å². The van der Waals surface area contributed by atoms with Crippen molar-refractivity contribution in [3.8, 4) is 0 Å². The van der Waals surface area contributed by atoms with E-state index in [1.807, 2.05) is 31.2 Å².